The molecule has 0 aliphatic heterocycles. The molecule has 0 spiro atoms. The number of benzene rings is 1. The van der Waals surface area contributed by atoms with Crippen LogP contribution in [0.5, 0.6) is 0 Å². The van der Waals surface area contributed by atoms with Gasteiger partial charge in [-0.05, 0) is 56.9 Å². The van der Waals surface area contributed by atoms with Crippen LogP contribution >= 0.6 is 0 Å². The fourth-order valence-corrected chi connectivity index (χ4v) is 4.12. The molecule has 0 saturated heterocycles. The average Bonchev–Trinajstić information content (AvgIpc) is 3.05. The number of hydrogen-bond donors (Lipinski definition) is 3. The van der Waals surface area contributed by atoms with E-state index in [0.29, 0.717) is 25.7 Å². The van der Waals surface area contributed by atoms with Crippen LogP contribution in [-0.2, 0) is 16.0 Å². The SMILES string of the molecule is CCC(C)OC(=O)CCCC=CCC1C(C=C[C@H](O)CCc2ccccc2)[C@H](O)C[C@@H]1O. The van der Waals surface area contributed by atoms with Crippen LogP contribution in [0.4, 0.5) is 0 Å². The Bertz CT molecular complexity index is 714. The van der Waals surface area contributed by atoms with Gasteiger partial charge in [-0.2, -0.15) is 0 Å². The lowest BCUT2D eigenvalue weighted by atomic mass is 9.89. The van der Waals surface area contributed by atoms with E-state index in [0.717, 1.165) is 25.7 Å². The first-order valence-electron chi connectivity index (χ1n) is 12.0. The van der Waals surface area contributed by atoms with E-state index < -0.39 is 18.3 Å². The van der Waals surface area contributed by atoms with Crippen molar-refractivity contribution in [2.45, 2.75) is 89.6 Å². The summed E-state index contributed by atoms with van der Waals surface area (Å²) in [5, 5.41) is 31.1. The summed E-state index contributed by atoms with van der Waals surface area (Å²) in [7, 11) is 0. The molecule has 0 bridgehead atoms. The molecule has 5 heteroatoms. The van der Waals surface area contributed by atoms with Crippen molar-refractivity contribution in [2.24, 2.45) is 11.8 Å². The summed E-state index contributed by atoms with van der Waals surface area (Å²) in [6.07, 6.45) is 11.1. The number of esters is 1. The van der Waals surface area contributed by atoms with Crippen LogP contribution in [0.1, 0.15) is 64.4 Å². The first kappa shape index (κ1) is 26.3. The summed E-state index contributed by atoms with van der Waals surface area (Å²) < 4.78 is 5.26. The molecule has 0 radical (unpaired) electrons. The Morgan fingerprint density at radius 3 is 2.66 bits per heavy atom. The van der Waals surface area contributed by atoms with Crippen molar-refractivity contribution in [1.82, 2.24) is 0 Å². The zero-order valence-electron chi connectivity index (χ0n) is 19.5. The maximum atomic E-state index is 11.7. The molecule has 6 atom stereocenters. The van der Waals surface area contributed by atoms with Crippen molar-refractivity contribution in [3.05, 3.63) is 60.2 Å². The first-order valence-corrected chi connectivity index (χ1v) is 12.0. The van der Waals surface area contributed by atoms with Gasteiger partial charge >= 0.3 is 5.97 Å². The highest BCUT2D eigenvalue weighted by atomic mass is 16.5. The molecular formula is C27H40O5. The van der Waals surface area contributed by atoms with Gasteiger partial charge in [0.15, 0.2) is 0 Å². The van der Waals surface area contributed by atoms with Crippen LogP contribution in [0.15, 0.2) is 54.6 Å². The van der Waals surface area contributed by atoms with Gasteiger partial charge in [0.1, 0.15) is 0 Å². The lowest BCUT2D eigenvalue weighted by molar-refractivity contribution is -0.148. The Morgan fingerprint density at radius 1 is 1.19 bits per heavy atom. The maximum Gasteiger partial charge on any atom is 0.306 e. The minimum absolute atomic E-state index is 0.0323. The van der Waals surface area contributed by atoms with E-state index in [2.05, 4.69) is 0 Å². The summed E-state index contributed by atoms with van der Waals surface area (Å²) >= 11 is 0. The highest BCUT2D eigenvalue weighted by Crippen LogP contribution is 2.36. The highest BCUT2D eigenvalue weighted by Gasteiger charge is 2.39. The van der Waals surface area contributed by atoms with Crippen molar-refractivity contribution in [1.29, 1.82) is 0 Å². The van der Waals surface area contributed by atoms with Crippen LogP contribution in [0, 0.1) is 11.8 Å². The maximum absolute atomic E-state index is 11.7. The molecule has 32 heavy (non-hydrogen) atoms. The van der Waals surface area contributed by atoms with Crippen LogP contribution in [0.25, 0.3) is 0 Å². The van der Waals surface area contributed by atoms with Crippen molar-refractivity contribution in [3.63, 3.8) is 0 Å². The van der Waals surface area contributed by atoms with Crippen LogP contribution < -0.4 is 0 Å². The van der Waals surface area contributed by atoms with Gasteiger partial charge < -0.3 is 20.1 Å². The summed E-state index contributed by atoms with van der Waals surface area (Å²) in [4.78, 5) is 11.7. The second kappa shape index (κ2) is 14.2. The summed E-state index contributed by atoms with van der Waals surface area (Å²) in [6.45, 7) is 3.88. The fourth-order valence-electron chi connectivity index (χ4n) is 4.12. The van der Waals surface area contributed by atoms with E-state index in [1.54, 1.807) is 6.08 Å². The van der Waals surface area contributed by atoms with Crippen molar-refractivity contribution < 1.29 is 24.9 Å². The molecule has 3 unspecified atom stereocenters. The van der Waals surface area contributed by atoms with Gasteiger partial charge in [-0.15, -0.1) is 0 Å². The van der Waals surface area contributed by atoms with Gasteiger partial charge in [0.05, 0.1) is 24.4 Å². The smallest absolute Gasteiger partial charge is 0.306 e. The number of allylic oxidation sites excluding steroid dienone is 2. The lowest BCUT2D eigenvalue weighted by Gasteiger charge is -2.19. The number of carbonyl (C=O) groups excluding carboxylic acids is 1. The molecule has 1 aromatic carbocycles. The molecular weight excluding hydrogens is 404 g/mol. The predicted molar refractivity (Wildman–Crippen MR) is 127 cm³/mol. The molecule has 0 aromatic heterocycles. The molecule has 1 aliphatic carbocycles. The van der Waals surface area contributed by atoms with Crippen molar-refractivity contribution in [3.8, 4) is 0 Å². The molecule has 3 N–H and O–H groups in total. The highest BCUT2D eigenvalue weighted by molar-refractivity contribution is 5.69. The lowest BCUT2D eigenvalue weighted by Crippen LogP contribution is -2.20. The van der Waals surface area contributed by atoms with Crippen molar-refractivity contribution in [2.75, 3.05) is 0 Å². The fraction of sp³-hybridized carbons (Fsp3) is 0.593. The van der Waals surface area contributed by atoms with Gasteiger partial charge in [-0.1, -0.05) is 61.6 Å². The summed E-state index contributed by atoms with van der Waals surface area (Å²) in [5.74, 6) is -0.404. The third-order valence-corrected chi connectivity index (χ3v) is 6.28. The summed E-state index contributed by atoms with van der Waals surface area (Å²) in [6, 6.07) is 10.0. The van der Waals surface area contributed by atoms with Gasteiger partial charge in [0.2, 0.25) is 0 Å². The Morgan fingerprint density at radius 2 is 1.94 bits per heavy atom. The normalized spacial score (nSPS) is 25.4. The third-order valence-electron chi connectivity index (χ3n) is 6.28. The number of ether oxygens (including phenoxy) is 1. The third kappa shape index (κ3) is 9.27. The van der Waals surface area contributed by atoms with E-state index in [1.807, 2.05) is 62.4 Å². The van der Waals surface area contributed by atoms with Crippen LogP contribution in [-0.4, -0.2) is 45.7 Å². The van der Waals surface area contributed by atoms with Crippen LogP contribution in [0.3, 0.4) is 0 Å². The molecule has 1 aliphatic rings. The molecule has 5 nitrogen and oxygen atoms in total. The second-order valence-corrected chi connectivity index (χ2v) is 8.90. The Hall–Kier alpha value is -1.95. The largest absolute Gasteiger partial charge is 0.463 e. The van der Waals surface area contributed by atoms with E-state index >= 15 is 0 Å². The van der Waals surface area contributed by atoms with Crippen molar-refractivity contribution >= 4 is 5.97 Å². The molecule has 1 saturated carbocycles. The summed E-state index contributed by atoms with van der Waals surface area (Å²) in [5.41, 5.74) is 1.19. The number of rotatable bonds is 13. The molecule has 1 aromatic rings. The Labute approximate surface area is 192 Å². The van der Waals surface area contributed by atoms with Gasteiger partial charge in [0.25, 0.3) is 0 Å². The molecule has 2 rings (SSSR count). The Balaban J connectivity index is 1.75. The molecule has 0 amide bonds. The van der Waals surface area contributed by atoms with E-state index in [1.165, 1.54) is 5.56 Å². The zero-order valence-corrected chi connectivity index (χ0v) is 19.5. The standard InChI is InChI=1S/C27H40O5/c1-3-20(2)32-27(31)14-10-5-4-9-13-23-24(26(30)19-25(23)29)18-17-22(28)16-15-21-11-7-6-8-12-21/h4,6-9,11-12,17-18,20,22-26,28-30H,3,5,10,13-16,19H2,1-2H3/t20?,22-,23?,24?,25+,26-/m1/s1. The number of carbonyl (C=O) groups is 1. The van der Waals surface area contributed by atoms with Crippen LogP contribution in [0.2, 0.25) is 0 Å². The zero-order chi connectivity index (χ0) is 23.3. The van der Waals surface area contributed by atoms with E-state index in [4.69, 9.17) is 4.74 Å². The number of unbranched alkanes of at least 4 members (excludes halogenated alkanes) is 1. The van der Waals surface area contributed by atoms with Gasteiger partial charge in [-0.3, -0.25) is 4.79 Å². The van der Waals surface area contributed by atoms with Gasteiger partial charge in [-0.25, -0.2) is 0 Å². The number of hydrogen-bond acceptors (Lipinski definition) is 5. The quantitative estimate of drug-likeness (QED) is 0.239. The number of aliphatic hydroxyl groups is 3. The molecule has 178 valence electrons. The molecule has 1 fully saturated rings. The minimum Gasteiger partial charge on any atom is -0.463 e. The second-order valence-electron chi connectivity index (χ2n) is 8.90. The number of aliphatic hydroxyl groups excluding tert-OH is 3. The first-order chi connectivity index (χ1) is 15.4. The monoisotopic (exact) mass is 444 g/mol. The molecule has 0 heterocycles. The predicted octanol–water partition coefficient (Wildman–Crippen LogP) is 4.35. The van der Waals surface area contributed by atoms with E-state index in [-0.39, 0.29) is 23.9 Å². The Kier molecular flexibility index (Phi) is 11.7. The van der Waals surface area contributed by atoms with Gasteiger partial charge in [0, 0.05) is 18.8 Å². The number of aryl methyl sites for hydroxylation is 1. The van der Waals surface area contributed by atoms with E-state index in [9.17, 15) is 20.1 Å². The topological polar surface area (TPSA) is 87.0 Å². The minimum atomic E-state index is -0.601. The average molecular weight is 445 g/mol.